The van der Waals surface area contributed by atoms with Gasteiger partial charge in [-0.15, -0.1) is 10.2 Å². The molecule has 1 saturated heterocycles. The zero-order chi connectivity index (χ0) is 18.6. The molecule has 138 valence electrons. The molecule has 0 radical (unpaired) electrons. The van der Waals surface area contributed by atoms with Crippen LogP contribution < -0.4 is 9.64 Å². The molecule has 3 aromatic rings. The normalized spacial score (nSPS) is 14.3. The molecule has 9 nitrogen and oxygen atoms in total. The Hall–Kier alpha value is -3.49. The molecule has 27 heavy (non-hydrogen) atoms. The maximum absolute atomic E-state index is 12.7. The van der Waals surface area contributed by atoms with Crippen molar-refractivity contribution in [1.82, 2.24) is 29.9 Å². The number of benzene rings is 1. The summed E-state index contributed by atoms with van der Waals surface area (Å²) in [6, 6.07) is 11.3. The number of ether oxygens (including phenoxy) is 1. The molecule has 1 aliphatic rings. The number of piperazine rings is 1. The fourth-order valence-corrected chi connectivity index (χ4v) is 3.01. The molecular formula is C18H19N7O2. The smallest absolute Gasteiger partial charge is 0.274 e. The topological polar surface area (TPSA) is 89.3 Å². The molecule has 1 amide bonds. The van der Waals surface area contributed by atoms with Gasteiger partial charge in [0.15, 0.2) is 11.5 Å². The highest BCUT2D eigenvalue weighted by Crippen LogP contribution is 2.21. The molecule has 1 fully saturated rings. The molecule has 0 saturated carbocycles. The molecule has 9 heteroatoms. The Balaban J connectivity index is 1.38. The van der Waals surface area contributed by atoms with E-state index in [0.29, 0.717) is 24.6 Å². The summed E-state index contributed by atoms with van der Waals surface area (Å²) in [5.41, 5.74) is 1.46. The van der Waals surface area contributed by atoms with E-state index in [1.54, 1.807) is 24.1 Å². The van der Waals surface area contributed by atoms with Crippen LogP contribution in [0.2, 0.25) is 0 Å². The predicted molar refractivity (Wildman–Crippen MR) is 98.1 cm³/mol. The van der Waals surface area contributed by atoms with Crippen molar-refractivity contribution in [3.05, 3.63) is 54.7 Å². The Morgan fingerprint density at radius 2 is 1.78 bits per heavy atom. The number of anilines is 1. The zero-order valence-corrected chi connectivity index (χ0v) is 14.9. The van der Waals surface area contributed by atoms with Gasteiger partial charge in [-0.3, -0.25) is 4.79 Å². The quantitative estimate of drug-likeness (QED) is 0.682. The number of carbonyl (C=O) groups excluding carboxylic acids is 1. The lowest BCUT2D eigenvalue weighted by molar-refractivity contribution is 0.0739. The van der Waals surface area contributed by atoms with Crippen LogP contribution in [0.5, 0.6) is 5.75 Å². The first-order valence-corrected chi connectivity index (χ1v) is 8.61. The van der Waals surface area contributed by atoms with Gasteiger partial charge >= 0.3 is 0 Å². The van der Waals surface area contributed by atoms with Crippen molar-refractivity contribution in [2.75, 3.05) is 38.2 Å². The third-order valence-electron chi connectivity index (χ3n) is 4.53. The first-order valence-electron chi connectivity index (χ1n) is 8.61. The van der Waals surface area contributed by atoms with E-state index in [2.05, 4.69) is 25.2 Å². The molecule has 0 aliphatic carbocycles. The number of methoxy groups -OCH3 is 1. The van der Waals surface area contributed by atoms with Crippen LogP contribution in [-0.4, -0.2) is 69.1 Å². The average molecular weight is 365 g/mol. The highest BCUT2D eigenvalue weighted by atomic mass is 16.5. The van der Waals surface area contributed by atoms with E-state index in [4.69, 9.17) is 4.74 Å². The molecule has 4 rings (SSSR count). The lowest BCUT2D eigenvalue weighted by Crippen LogP contribution is -2.49. The second-order valence-electron chi connectivity index (χ2n) is 6.09. The lowest BCUT2D eigenvalue weighted by Gasteiger charge is -2.36. The SMILES string of the molecule is COc1ccc(N2CCN(C(=O)c3ccc(-n4cncn4)nn3)CC2)cc1. The van der Waals surface area contributed by atoms with Crippen LogP contribution in [-0.2, 0) is 0 Å². The van der Waals surface area contributed by atoms with Gasteiger partial charge < -0.3 is 14.5 Å². The van der Waals surface area contributed by atoms with Crippen LogP contribution in [0.25, 0.3) is 5.82 Å². The van der Waals surface area contributed by atoms with Crippen molar-refractivity contribution >= 4 is 11.6 Å². The maximum Gasteiger partial charge on any atom is 0.274 e. The van der Waals surface area contributed by atoms with Gasteiger partial charge in [0.25, 0.3) is 5.91 Å². The standard InChI is InChI=1S/C18H19N7O2/c1-27-15-4-2-14(3-5-15)23-8-10-24(11-9-23)18(26)16-6-7-17(22-21-16)25-13-19-12-20-25/h2-7,12-13H,8-11H2,1H3. The maximum atomic E-state index is 12.7. The monoisotopic (exact) mass is 365 g/mol. The largest absolute Gasteiger partial charge is 0.497 e. The van der Waals surface area contributed by atoms with Gasteiger partial charge in [0.2, 0.25) is 0 Å². The third kappa shape index (κ3) is 3.57. The molecule has 0 spiro atoms. The van der Waals surface area contributed by atoms with Crippen LogP contribution in [0.3, 0.4) is 0 Å². The van der Waals surface area contributed by atoms with E-state index < -0.39 is 0 Å². The first-order chi connectivity index (χ1) is 13.2. The summed E-state index contributed by atoms with van der Waals surface area (Å²) in [5, 5.41) is 12.1. The van der Waals surface area contributed by atoms with Gasteiger partial charge in [0, 0.05) is 31.9 Å². The second-order valence-corrected chi connectivity index (χ2v) is 6.09. The highest BCUT2D eigenvalue weighted by molar-refractivity contribution is 5.92. The van der Waals surface area contributed by atoms with Crippen molar-refractivity contribution < 1.29 is 9.53 Å². The van der Waals surface area contributed by atoms with Crippen LogP contribution in [0.1, 0.15) is 10.5 Å². The molecular weight excluding hydrogens is 346 g/mol. The number of rotatable bonds is 4. The van der Waals surface area contributed by atoms with E-state index in [0.717, 1.165) is 24.5 Å². The zero-order valence-electron chi connectivity index (χ0n) is 14.9. The van der Waals surface area contributed by atoms with E-state index in [1.165, 1.54) is 17.3 Å². The van der Waals surface area contributed by atoms with Gasteiger partial charge in [-0.05, 0) is 36.4 Å². The minimum atomic E-state index is -0.109. The Morgan fingerprint density at radius 1 is 1.00 bits per heavy atom. The molecule has 2 aromatic heterocycles. The Labute approximate surface area is 156 Å². The number of carbonyl (C=O) groups is 1. The van der Waals surface area contributed by atoms with Crippen LogP contribution in [0.15, 0.2) is 49.1 Å². The fourth-order valence-electron chi connectivity index (χ4n) is 3.01. The van der Waals surface area contributed by atoms with Crippen LogP contribution in [0.4, 0.5) is 5.69 Å². The number of aromatic nitrogens is 5. The number of amides is 1. The summed E-state index contributed by atoms with van der Waals surface area (Å²) < 4.78 is 6.69. The summed E-state index contributed by atoms with van der Waals surface area (Å²) in [7, 11) is 1.65. The lowest BCUT2D eigenvalue weighted by atomic mass is 10.2. The summed E-state index contributed by atoms with van der Waals surface area (Å²) in [6.07, 6.45) is 2.95. The van der Waals surface area contributed by atoms with Crippen LogP contribution >= 0.6 is 0 Å². The number of hydrogen-bond acceptors (Lipinski definition) is 7. The van der Waals surface area contributed by atoms with Crippen molar-refractivity contribution in [2.45, 2.75) is 0 Å². The summed E-state index contributed by atoms with van der Waals surface area (Å²) in [5.74, 6) is 1.25. The van der Waals surface area contributed by atoms with E-state index in [9.17, 15) is 4.79 Å². The van der Waals surface area contributed by atoms with Gasteiger partial charge in [-0.2, -0.15) is 5.10 Å². The Kier molecular flexibility index (Phi) is 4.65. The minimum Gasteiger partial charge on any atom is -0.497 e. The molecule has 1 aliphatic heterocycles. The predicted octanol–water partition coefficient (Wildman–Crippen LogP) is 1.03. The second kappa shape index (κ2) is 7.40. The van der Waals surface area contributed by atoms with Crippen molar-refractivity contribution in [1.29, 1.82) is 0 Å². The van der Waals surface area contributed by atoms with Crippen molar-refractivity contribution in [3.63, 3.8) is 0 Å². The number of hydrogen-bond donors (Lipinski definition) is 0. The molecule has 0 unspecified atom stereocenters. The first kappa shape index (κ1) is 17.0. The van der Waals surface area contributed by atoms with Gasteiger partial charge in [0.05, 0.1) is 7.11 Å². The Bertz CT molecular complexity index is 886. The summed E-state index contributed by atoms with van der Waals surface area (Å²) in [4.78, 5) is 20.6. The van der Waals surface area contributed by atoms with E-state index in [-0.39, 0.29) is 5.91 Å². The van der Waals surface area contributed by atoms with Gasteiger partial charge in [0.1, 0.15) is 18.4 Å². The van der Waals surface area contributed by atoms with Crippen molar-refractivity contribution in [3.8, 4) is 11.6 Å². The summed E-state index contributed by atoms with van der Waals surface area (Å²) >= 11 is 0. The number of nitrogens with zero attached hydrogens (tertiary/aromatic N) is 7. The molecule has 0 N–H and O–H groups in total. The molecule has 3 heterocycles. The minimum absolute atomic E-state index is 0.109. The van der Waals surface area contributed by atoms with Gasteiger partial charge in [-0.25, -0.2) is 9.67 Å². The van der Waals surface area contributed by atoms with E-state index in [1.807, 2.05) is 24.3 Å². The highest BCUT2D eigenvalue weighted by Gasteiger charge is 2.23. The third-order valence-corrected chi connectivity index (χ3v) is 4.53. The average Bonchev–Trinajstić information content (AvgIpc) is 3.28. The molecule has 0 bridgehead atoms. The fraction of sp³-hybridized carbons (Fsp3) is 0.278. The van der Waals surface area contributed by atoms with E-state index >= 15 is 0 Å². The van der Waals surface area contributed by atoms with Crippen molar-refractivity contribution in [2.24, 2.45) is 0 Å². The molecule has 1 aromatic carbocycles. The Morgan fingerprint density at radius 3 is 2.37 bits per heavy atom. The van der Waals surface area contributed by atoms with Crippen LogP contribution in [0, 0.1) is 0 Å². The molecule has 0 atom stereocenters. The van der Waals surface area contributed by atoms with Gasteiger partial charge in [-0.1, -0.05) is 0 Å². The summed E-state index contributed by atoms with van der Waals surface area (Å²) in [6.45, 7) is 2.81.